The van der Waals surface area contributed by atoms with E-state index in [0.29, 0.717) is 29.3 Å². The van der Waals surface area contributed by atoms with Crippen molar-refractivity contribution in [1.82, 2.24) is 4.90 Å². The van der Waals surface area contributed by atoms with Crippen LogP contribution >= 0.6 is 35.3 Å². The van der Waals surface area contributed by atoms with Gasteiger partial charge in [-0.25, -0.2) is 0 Å². The summed E-state index contributed by atoms with van der Waals surface area (Å²) < 4.78 is 5.25. The summed E-state index contributed by atoms with van der Waals surface area (Å²) in [4.78, 5) is 15.1. The topological polar surface area (TPSA) is 49.8 Å². The molecule has 1 aromatic carbocycles. The van der Waals surface area contributed by atoms with Gasteiger partial charge >= 0.3 is 5.97 Å². The Morgan fingerprint density at radius 2 is 1.82 bits per heavy atom. The summed E-state index contributed by atoms with van der Waals surface area (Å²) in [7, 11) is 0. The molecule has 0 aliphatic carbocycles. The number of fused-ring (bicyclic) bond motifs is 1. The van der Waals surface area contributed by atoms with Crippen molar-refractivity contribution >= 4 is 41.3 Å². The normalized spacial score (nSPS) is 14.7. The number of aliphatic carboxylic acids is 1. The van der Waals surface area contributed by atoms with Crippen LogP contribution in [0.25, 0.3) is 0 Å². The SMILES string of the molecule is CC(C)OC(C)C.Cl.O=C(O)[C@H](c1ccccc1Cl)N1CCc2sccc2C1. The van der Waals surface area contributed by atoms with Gasteiger partial charge in [-0.2, -0.15) is 0 Å². The molecule has 0 spiro atoms. The third-order valence-corrected chi connectivity index (χ3v) is 5.55. The summed E-state index contributed by atoms with van der Waals surface area (Å²) in [5.41, 5.74) is 1.90. The van der Waals surface area contributed by atoms with Gasteiger partial charge < -0.3 is 9.84 Å². The van der Waals surface area contributed by atoms with Gasteiger partial charge in [-0.05, 0) is 62.8 Å². The van der Waals surface area contributed by atoms with Crippen LogP contribution in [0.5, 0.6) is 0 Å². The number of halogens is 2. The molecule has 1 aromatic heterocycles. The Kier molecular flexibility index (Phi) is 10.5. The van der Waals surface area contributed by atoms with E-state index in [4.69, 9.17) is 16.3 Å². The van der Waals surface area contributed by atoms with Gasteiger partial charge in [0, 0.05) is 23.0 Å². The third-order valence-electron chi connectivity index (χ3n) is 4.18. The van der Waals surface area contributed by atoms with Crippen molar-refractivity contribution in [1.29, 1.82) is 0 Å². The molecule has 0 saturated heterocycles. The van der Waals surface area contributed by atoms with Crippen molar-refractivity contribution in [2.24, 2.45) is 0 Å². The second-order valence-corrected chi connectivity index (χ2v) is 8.49. The van der Waals surface area contributed by atoms with Crippen molar-refractivity contribution in [2.75, 3.05) is 6.54 Å². The molecule has 0 saturated carbocycles. The predicted octanol–water partition coefficient (Wildman–Crippen LogP) is 5.83. The van der Waals surface area contributed by atoms with Crippen LogP contribution in [-0.2, 0) is 22.5 Å². The van der Waals surface area contributed by atoms with Gasteiger partial charge in [0.05, 0.1) is 12.2 Å². The summed E-state index contributed by atoms with van der Waals surface area (Å²) in [6.07, 6.45) is 1.65. The summed E-state index contributed by atoms with van der Waals surface area (Å²) >= 11 is 7.92. The smallest absolute Gasteiger partial charge is 0.325 e. The maximum Gasteiger partial charge on any atom is 0.325 e. The van der Waals surface area contributed by atoms with Crippen LogP contribution < -0.4 is 0 Å². The summed E-state index contributed by atoms with van der Waals surface area (Å²) in [6.45, 7) is 9.58. The Balaban J connectivity index is 0.000000425. The fraction of sp³-hybridized carbons (Fsp3) is 0.476. The molecule has 2 heterocycles. The molecule has 156 valence electrons. The molecule has 0 fully saturated rings. The first-order valence-corrected chi connectivity index (χ1v) is 10.5. The fourth-order valence-corrected chi connectivity index (χ4v) is 4.35. The highest BCUT2D eigenvalue weighted by atomic mass is 35.5. The number of ether oxygens (including phenoxy) is 1. The molecule has 1 atom stereocenters. The van der Waals surface area contributed by atoms with E-state index in [-0.39, 0.29) is 12.4 Å². The molecular formula is C21H29Cl2NO3S. The van der Waals surface area contributed by atoms with Gasteiger partial charge in [0.1, 0.15) is 6.04 Å². The van der Waals surface area contributed by atoms with E-state index in [0.717, 1.165) is 13.0 Å². The van der Waals surface area contributed by atoms with Crippen molar-refractivity contribution in [3.63, 3.8) is 0 Å². The zero-order valence-corrected chi connectivity index (χ0v) is 19.1. The first-order chi connectivity index (χ1) is 12.8. The Morgan fingerprint density at radius 1 is 1.18 bits per heavy atom. The van der Waals surface area contributed by atoms with Gasteiger partial charge in [0.25, 0.3) is 0 Å². The average Bonchev–Trinajstić information content (AvgIpc) is 3.03. The lowest BCUT2D eigenvalue weighted by molar-refractivity contribution is -0.144. The number of hydrogen-bond acceptors (Lipinski definition) is 4. The second kappa shape index (κ2) is 11.8. The first kappa shape index (κ1) is 24.9. The Labute approximate surface area is 182 Å². The predicted molar refractivity (Wildman–Crippen MR) is 119 cm³/mol. The molecule has 2 aromatic rings. The molecule has 1 N–H and O–H groups in total. The van der Waals surface area contributed by atoms with Gasteiger partial charge in [-0.15, -0.1) is 23.7 Å². The lowest BCUT2D eigenvalue weighted by Crippen LogP contribution is -2.37. The Morgan fingerprint density at radius 3 is 2.36 bits per heavy atom. The van der Waals surface area contributed by atoms with Crippen molar-refractivity contribution in [3.05, 3.63) is 56.7 Å². The van der Waals surface area contributed by atoms with Crippen molar-refractivity contribution < 1.29 is 14.6 Å². The molecule has 1 aliphatic heterocycles. The highest BCUT2D eigenvalue weighted by molar-refractivity contribution is 7.10. The van der Waals surface area contributed by atoms with Crippen molar-refractivity contribution in [2.45, 2.75) is 58.9 Å². The zero-order chi connectivity index (χ0) is 20.0. The summed E-state index contributed by atoms with van der Waals surface area (Å²) in [5.74, 6) is -0.850. The minimum Gasteiger partial charge on any atom is -0.480 e. The minimum absolute atomic E-state index is 0. The van der Waals surface area contributed by atoms with E-state index >= 15 is 0 Å². The molecule has 4 nitrogen and oxygen atoms in total. The molecule has 7 heteroatoms. The molecule has 3 rings (SSSR count). The quantitative estimate of drug-likeness (QED) is 0.628. The average molecular weight is 446 g/mol. The largest absolute Gasteiger partial charge is 0.480 e. The molecule has 1 aliphatic rings. The third kappa shape index (κ3) is 7.05. The van der Waals surface area contributed by atoms with Crippen LogP contribution in [-0.4, -0.2) is 34.7 Å². The van der Waals surface area contributed by atoms with Gasteiger partial charge in [-0.1, -0.05) is 29.8 Å². The number of thiophene rings is 1. The molecule has 0 unspecified atom stereocenters. The standard InChI is InChI=1S/C15H14ClNO2S.C6H14O.ClH/c16-12-4-2-1-3-11(12)14(15(18)19)17-7-5-13-10(9-17)6-8-20-13;1-5(2)7-6(3)4;/h1-4,6,8,14H,5,7,9H2,(H,18,19);5-6H,1-4H3;1H/t14-;;/m0../s1. The van der Waals surface area contributed by atoms with E-state index in [1.807, 2.05) is 44.7 Å². The van der Waals surface area contributed by atoms with Crippen LogP contribution in [0.3, 0.4) is 0 Å². The number of hydrogen-bond donors (Lipinski definition) is 1. The molecule has 0 radical (unpaired) electrons. The Hall–Kier alpha value is -1.11. The fourth-order valence-electron chi connectivity index (χ4n) is 3.22. The first-order valence-electron chi connectivity index (χ1n) is 9.21. The van der Waals surface area contributed by atoms with Crippen LogP contribution in [0.4, 0.5) is 0 Å². The van der Waals surface area contributed by atoms with E-state index in [1.165, 1.54) is 10.4 Å². The number of benzene rings is 1. The van der Waals surface area contributed by atoms with Crippen molar-refractivity contribution in [3.8, 4) is 0 Å². The molecule has 28 heavy (non-hydrogen) atoms. The van der Waals surface area contributed by atoms with E-state index in [9.17, 15) is 9.90 Å². The minimum atomic E-state index is -0.850. The van der Waals surface area contributed by atoms with E-state index in [2.05, 4.69) is 11.4 Å². The van der Waals surface area contributed by atoms with E-state index in [1.54, 1.807) is 23.5 Å². The monoisotopic (exact) mass is 445 g/mol. The lowest BCUT2D eigenvalue weighted by Gasteiger charge is -2.32. The second-order valence-electron chi connectivity index (χ2n) is 7.09. The zero-order valence-electron chi connectivity index (χ0n) is 16.7. The number of carboxylic acids is 1. The van der Waals surface area contributed by atoms with Gasteiger partial charge in [0.15, 0.2) is 0 Å². The lowest BCUT2D eigenvalue weighted by atomic mass is 10.0. The summed E-state index contributed by atoms with van der Waals surface area (Å²) in [6, 6.07) is 8.58. The molecule has 0 bridgehead atoms. The Bertz CT molecular complexity index is 743. The maximum atomic E-state index is 11.7. The maximum absolute atomic E-state index is 11.7. The van der Waals surface area contributed by atoms with Crippen LogP contribution in [0.2, 0.25) is 5.02 Å². The van der Waals surface area contributed by atoms with Gasteiger partial charge in [-0.3, -0.25) is 9.69 Å². The highest BCUT2D eigenvalue weighted by Crippen LogP contribution is 2.33. The van der Waals surface area contributed by atoms with Gasteiger partial charge in [0.2, 0.25) is 0 Å². The van der Waals surface area contributed by atoms with Crippen LogP contribution in [0.1, 0.15) is 49.7 Å². The number of carbonyl (C=O) groups is 1. The van der Waals surface area contributed by atoms with E-state index < -0.39 is 12.0 Å². The van der Waals surface area contributed by atoms with Crippen LogP contribution in [0.15, 0.2) is 35.7 Å². The number of carboxylic acid groups (broad SMARTS) is 1. The molecule has 0 amide bonds. The number of rotatable bonds is 5. The van der Waals surface area contributed by atoms with Crippen LogP contribution in [0, 0.1) is 0 Å². The highest BCUT2D eigenvalue weighted by Gasteiger charge is 2.31. The summed E-state index contributed by atoms with van der Waals surface area (Å²) in [5, 5.41) is 12.2. The molecular weight excluding hydrogens is 417 g/mol. The number of nitrogens with zero attached hydrogens (tertiary/aromatic N) is 1.